The Morgan fingerprint density at radius 3 is 2.12 bits per heavy atom. The summed E-state index contributed by atoms with van der Waals surface area (Å²) in [6.45, 7) is 1.40. The fourth-order valence-electron chi connectivity index (χ4n) is 6.04. The molecule has 2 aromatic heterocycles. The second-order valence-corrected chi connectivity index (χ2v) is 10.8. The minimum Gasteiger partial charge on any atom is -0.339 e. The van der Waals surface area contributed by atoms with Gasteiger partial charge in [-0.15, -0.1) is 0 Å². The third-order valence-electron chi connectivity index (χ3n) is 7.98. The summed E-state index contributed by atoms with van der Waals surface area (Å²) in [6.07, 6.45) is 7.17. The third kappa shape index (κ3) is 4.93. The highest BCUT2D eigenvalue weighted by molar-refractivity contribution is 5.94. The predicted molar refractivity (Wildman–Crippen MR) is 151 cm³/mol. The Bertz CT molecular complexity index is 1460. The Morgan fingerprint density at radius 1 is 0.900 bits per heavy atom. The van der Waals surface area contributed by atoms with Crippen molar-refractivity contribution in [3.8, 4) is 11.4 Å². The smallest absolute Gasteiger partial charge is 0.254 e. The van der Waals surface area contributed by atoms with E-state index in [1.165, 1.54) is 0 Å². The standard InChI is InChI=1S/C31H34N7O2/c1-36(2)27(21-11-5-3-6-12-21)31(40)38-18-10-16-26(38)29-33-20-24(35-29)23-19-32-28(34-23)25-15-9-17-37(25)30(39)22-13-7-4-8-14-22/h3-7,11-14,19-20,25-27H,9-10,15-18H2,1-2H3,(H,32,34)(H,33,35)/t25-,26-,27+/m0/s1. The van der Waals surface area contributed by atoms with Crippen LogP contribution in [-0.2, 0) is 4.79 Å². The van der Waals surface area contributed by atoms with Crippen molar-refractivity contribution >= 4 is 11.8 Å². The quantitative estimate of drug-likeness (QED) is 0.361. The van der Waals surface area contributed by atoms with E-state index in [1.807, 2.05) is 71.3 Å². The monoisotopic (exact) mass is 536 g/mol. The second kappa shape index (κ2) is 11.1. The van der Waals surface area contributed by atoms with E-state index in [0.717, 1.165) is 54.3 Å². The van der Waals surface area contributed by atoms with Gasteiger partial charge < -0.3 is 19.8 Å². The molecule has 9 heteroatoms. The van der Waals surface area contributed by atoms with E-state index < -0.39 is 0 Å². The number of aromatic amines is 2. The summed E-state index contributed by atoms with van der Waals surface area (Å²) in [5, 5.41) is 0. The second-order valence-electron chi connectivity index (χ2n) is 10.8. The van der Waals surface area contributed by atoms with E-state index in [0.29, 0.717) is 18.7 Å². The highest BCUT2D eigenvalue weighted by Gasteiger charge is 2.37. The van der Waals surface area contributed by atoms with E-state index in [2.05, 4.69) is 21.0 Å². The van der Waals surface area contributed by atoms with E-state index in [9.17, 15) is 9.59 Å². The normalized spacial score (nSPS) is 19.9. The molecule has 6 rings (SSSR count). The van der Waals surface area contributed by atoms with Crippen molar-refractivity contribution in [2.24, 2.45) is 0 Å². The fraction of sp³-hybridized carbons (Fsp3) is 0.355. The molecule has 2 aliphatic heterocycles. The van der Waals surface area contributed by atoms with E-state index >= 15 is 0 Å². The maximum Gasteiger partial charge on any atom is 0.254 e. The average Bonchev–Trinajstić information content (AvgIpc) is 3.79. The average molecular weight is 537 g/mol. The molecule has 0 saturated carbocycles. The molecule has 2 N–H and O–H groups in total. The Kier molecular flexibility index (Phi) is 7.21. The molecule has 1 radical (unpaired) electrons. The van der Waals surface area contributed by atoms with Gasteiger partial charge in [-0.2, -0.15) is 0 Å². The van der Waals surface area contributed by atoms with E-state index in [1.54, 1.807) is 24.5 Å². The Balaban J connectivity index is 1.19. The van der Waals surface area contributed by atoms with E-state index in [4.69, 9.17) is 4.98 Å². The first-order chi connectivity index (χ1) is 19.5. The van der Waals surface area contributed by atoms with Gasteiger partial charge in [0.1, 0.15) is 17.7 Å². The van der Waals surface area contributed by atoms with Gasteiger partial charge in [0.25, 0.3) is 5.91 Å². The number of imidazole rings is 2. The number of aromatic nitrogens is 4. The van der Waals surface area contributed by atoms with Gasteiger partial charge in [0, 0.05) is 18.7 Å². The molecule has 40 heavy (non-hydrogen) atoms. The number of hydrogen-bond acceptors (Lipinski definition) is 5. The topological polar surface area (TPSA) is 101 Å². The number of H-pyrrole nitrogens is 2. The minimum atomic E-state index is -0.350. The number of carbonyl (C=O) groups is 2. The fourth-order valence-corrected chi connectivity index (χ4v) is 6.04. The number of nitrogens with zero attached hydrogens (tertiary/aromatic N) is 5. The number of nitrogens with one attached hydrogen (secondary N) is 2. The highest BCUT2D eigenvalue weighted by Crippen LogP contribution is 2.36. The molecule has 2 fully saturated rings. The van der Waals surface area contributed by atoms with Gasteiger partial charge in [-0.25, -0.2) is 9.97 Å². The Labute approximate surface area is 234 Å². The zero-order valence-corrected chi connectivity index (χ0v) is 22.9. The van der Waals surface area contributed by atoms with Crippen molar-refractivity contribution in [1.29, 1.82) is 0 Å². The van der Waals surface area contributed by atoms with Crippen LogP contribution in [0.1, 0.15) is 71.4 Å². The molecule has 4 aromatic rings. The van der Waals surface area contributed by atoms with Crippen LogP contribution in [0.3, 0.4) is 0 Å². The lowest BCUT2D eigenvalue weighted by Gasteiger charge is -2.31. The number of hydrogen-bond donors (Lipinski definition) is 2. The van der Waals surface area contributed by atoms with Crippen LogP contribution in [0.15, 0.2) is 67.0 Å². The first-order valence-electron chi connectivity index (χ1n) is 13.9. The largest absolute Gasteiger partial charge is 0.339 e. The zero-order chi connectivity index (χ0) is 27.6. The third-order valence-corrected chi connectivity index (χ3v) is 7.98. The Hall–Kier alpha value is -4.24. The van der Waals surface area contributed by atoms with Crippen LogP contribution < -0.4 is 0 Å². The lowest BCUT2D eigenvalue weighted by Crippen LogP contribution is -2.40. The molecule has 3 atom stereocenters. The van der Waals surface area contributed by atoms with Gasteiger partial charge in [-0.3, -0.25) is 14.5 Å². The molecule has 0 bridgehead atoms. The first-order valence-corrected chi connectivity index (χ1v) is 13.9. The molecular formula is C31H34N7O2. The van der Waals surface area contributed by atoms with Gasteiger partial charge in [0.15, 0.2) is 0 Å². The van der Waals surface area contributed by atoms with Gasteiger partial charge in [-0.1, -0.05) is 42.5 Å². The molecule has 9 nitrogen and oxygen atoms in total. The van der Waals surface area contributed by atoms with Crippen molar-refractivity contribution in [1.82, 2.24) is 34.6 Å². The van der Waals surface area contributed by atoms with Crippen LogP contribution in [0, 0.1) is 6.07 Å². The molecule has 2 aliphatic rings. The summed E-state index contributed by atoms with van der Waals surface area (Å²) >= 11 is 0. The molecule has 0 aliphatic carbocycles. The molecule has 2 amide bonds. The summed E-state index contributed by atoms with van der Waals surface area (Å²) in [6, 6.07) is 19.5. The van der Waals surface area contributed by atoms with Crippen molar-refractivity contribution in [3.63, 3.8) is 0 Å². The molecule has 2 aromatic carbocycles. The van der Waals surface area contributed by atoms with Gasteiger partial charge in [0.05, 0.1) is 35.9 Å². The SMILES string of the molecule is CN(C)[C@@H](C(=O)N1CCC[C@H]1c1ncc(-c2cnc([C@@H]3CCCN3C(=O)c3c[c]ccc3)[nH]2)[nH]1)c1ccccc1. The van der Waals surface area contributed by atoms with Crippen molar-refractivity contribution < 1.29 is 9.59 Å². The van der Waals surface area contributed by atoms with Gasteiger partial charge in [0.2, 0.25) is 5.91 Å². The lowest BCUT2D eigenvalue weighted by atomic mass is 10.0. The Morgan fingerprint density at radius 2 is 1.52 bits per heavy atom. The highest BCUT2D eigenvalue weighted by atomic mass is 16.2. The summed E-state index contributed by atoms with van der Waals surface area (Å²) in [5.41, 5.74) is 3.25. The summed E-state index contributed by atoms with van der Waals surface area (Å²) < 4.78 is 0. The molecule has 0 unspecified atom stereocenters. The molecule has 0 spiro atoms. The maximum absolute atomic E-state index is 13.8. The first kappa shape index (κ1) is 26.0. The molecule has 205 valence electrons. The summed E-state index contributed by atoms with van der Waals surface area (Å²) in [4.78, 5) is 49.0. The van der Waals surface area contributed by atoms with E-state index in [-0.39, 0.29) is 29.9 Å². The number of likely N-dealkylation sites (N-methyl/N-ethyl adjacent to an activating group) is 1. The van der Waals surface area contributed by atoms with Crippen molar-refractivity contribution in [2.45, 2.75) is 43.8 Å². The summed E-state index contributed by atoms with van der Waals surface area (Å²) in [7, 11) is 3.89. The molecule has 2 saturated heterocycles. The van der Waals surface area contributed by atoms with Gasteiger partial charge >= 0.3 is 0 Å². The van der Waals surface area contributed by atoms with Crippen LogP contribution in [0.2, 0.25) is 0 Å². The van der Waals surface area contributed by atoms with Crippen LogP contribution in [0.4, 0.5) is 0 Å². The van der Waals surface area contributed by atoms with Crippen LogP contribution in [0.25, 0.3) is 11.4 Å². The van der Waals surface area contributed by atoms with Crippen molar-refractivity contribution in [2.75, 3.05) is 27.2 Å². The zero-order valence-electron chi connectivity index (χ0n) is 22.9. The minimum absolute atomic E-state index is 0.00125. The van der Waals surface area contributed by atoms with Crippen LogP contribution >= 0.6 is 0 Å². The maximum atomic E-state index is 13.8. The number of rotatable bonds is 7. The molecule has 4 heterocycles. The number of amides is 2. The summed E-state index contributed by atoms with van der Waals surface area (Å²) in [5.74, 6) is 1.63. The predicted octanol–water partition coefficient (Wildman–Crippen LogP) is 4.54. The van der Waals surface area contributed by atoms with Crippen LogP contribution in [-0.4, -0.2) is 73.6 Å². The molecular weight excluding hydrogens is 502 g/mol. The van der Waals surface area contributed by atoms with Crippen LogP contribution in [0.5, 0.6) is 0 Å². The number of benzene rings is 2. The lowest BCUT2D eigenvalue weighted by molar-refractivity contribution is -0.137. The number of carbonyl (C=O) groups excluding carboxylic acids is 2. The van der Waals surface area contributed by atoms with Crippen molar-refractivity contribution in [3.05, 3.63) is 95.8 Å². The van der Waals surface area contributed by atoms with Gasteiger partial charge in [-0.05, 0) is 63.5 Å². The number of likely N-dealkylation sites (tertiary alicyclic amines) is 2.